The molecule has 0 radical (unpaired) electrons. The lowest BCUT2D eigenvalue weighted by molar-refractivity contribution is -0.141. The molecule has 0 unspecified atom stereocenters. The van der Waals surface area contributed by atoms with Gasteiger partial charge in [-0.1, -0.05) is 24.3 Å². The van der Waals surface area contributed by atoms with Crippen molar-refractivity contribution in [2.75, 3.05) is 13.7 Å². The van der Waals surface area contributed by atoms with Gasteiger partial charge in [0.25, 0.3) is 0 Å². The van der Waals surface area contributed by atoms with E-state index in [2.05, 4.69) is 5.10 Å². The number of methoxy groups -OCH3 is 1. The number of hydrogen-bond donors (Lipinski definition) is 0. The third kappa shape index (κ3) is 4.80. The number of alkyl halides is 3. The van der Waals surface area contributed by atoms with Crippen molar-refractivity contribution in [3.05, 3.63) is 94.8 Å². The number of nitrogens with zero attached hydrogens (tertiary/aromatic N) is 2. The van der Waals surface area contributed by atoms with E-state index in [-0.39, 0.29) is 23.9 Å². The van der Waals surface area contributed by atoms with Gasteiger partial charge in [0.1, 0.15) is 17.6 Å². The number of aromatic nitrogens is 2. The van der Waals surface area contributed by atoms with Gasteiger partial charge in [-0.2, -0.15) is 18.3 Å². The summed E-state index contributed by atoms with van der Waals surface area (Å²) in [6.07, 6.45) is -1.84. The van der Waals surface area contributed by atoms with E-state index in [1.807, 2.05) is 31.3 Å². The topological polar surface area (TPSA) is 62.6 Å². The maximum atomic E-state index is 14.2. The lowest BCUT2D eigenvalue weighted by Crippen LogP contribution is -2.10. The molecule has 6 rings (SSSR count). The molecule has 0 N–H and O–H groups in total. The minimum Gasteiger partial charge on any atom is -0.492 e. The molecular formula is C31H27F3N2O4. The molecule has 206 valence electrons. The molecule has 4 aromatic rings. The first-order valence-corrected chi connectivity index (χ1v) is 13.1. The Morgan fingerprint density at radius 1 is 1.07 bits per heavy atom. The highest BCUT2D eigenvalue weighted by atomic mass is 19.4. The number of benzene rings is 3. The van der Waals surface area contributed by atoms with Gasteiger partial charge in [-0.05, 0) is 72.4 Å². The van der Waals surface area contributed by atoms with Crippen LogP contribution >= 0.6 is 0 Å². The van der Waals surface area contributed by atoms with E-state index >= 15 is 0 Å². The predicted octanol–water partition coefficient (Wildman–Crippen LogP) is 6.97. The second kappa shape index (κ2) is 10.0. The molecule has 0 saturated heterocycles. The second-order valence-electron chi connectivity index (χ2n) is 10.1. The maximum absolute atomic E-state index is 14.2. The zero-order valence-corrected chi connectivity index (χ0v) is 22.0. The first-order valence-electron chi connectivity index (χ1n) is 13.1. The van der Waals surface area contributed by atoms with E-state index in [1.54, 1.807) is 35.0 Å². The number of hydrogen-bond acceptors (Lipinski definition) is 5. The first kappa shape index (κ1) is 26.0. The zero-order valence-electron chi connectivity index (χ0n) is 22.0. The first-order chi connectivity index (χ1) is 19.2. The van der Waals surface area contributed by atoms with Crippen LogP contribution in [0.1, 0.15) is 52.8 Å². The average Bonchev–Trinajstić information content (AvgIpc) is 3.66. The normalized spacial score (nSPS) is 17.7. The van der Waals surface area contributed by atoms with Gasteiger partial charge >= 0.3 is 12.1 Å². The fourth-order valence-corrected chi connectivity index (χ4v) is 5.64. The van der Waals surface area contributed by atoms with Crippen LogP contribution in [0.4, 0.5) is 13.2 Å². The van der Waals surface area contributed by atoms with Crippen molar-refractivity contribution in [3.63, 3.8) is 0 Å². The Morgan fingerprint density at radius 3 is 2.55 bits per heavy atom. The van der Waals surface area contributed by atoms with E-state index < -0.39 is 17.8 Å². The van der Waals surface area contributed by atoms with Crippen LogP contribution in [0, 0.1) is 6.92 Å². The number of halogens is 3. The van der Waals surface area contributed by atoms with Gasteiger partial charge in [0.15, 0.2) is 0 Å². The van der Waals surface area contributed by atoms with Gasteiger partial charge in [0.2, 0.25) is 0 Å². The fraction of sp³-hybridized carbons (Fsp3) is 0.290. The smallest absolute Gasteiger partial charge is 0.417 e. The SMILES string of the molecule is COC(=O)C[C@@H]1COc2cc(O[C@@H]3CCc4c3ccc(C(F)(F)F)c4-c3ccc(-n4ccc(C)n4)cc3)ccc21. The summed E-state index contributed by atoms with van der Waals surface area (Å²) in [4.78, 5) is 11.7. The van der Waals surface area contributed by atoms with Crippen molar-refractivity contribution >= 4 is 5.97 Å². The second-order valence-corrected chi connectivity index (χ2v) is 10.1. The lowest BCUT2D eigenvalue weighted by Gasteiger charge is -2.20. The van der Waals surface area contributed by atoms with E-state index in [1.165, 1.54) is 13.2 Å². The molecule has 0 saturated carbocycles. The molecule has 6 nitrogen and oxygen atoms in total. The molecule has 1 aliphatic carbocycles. The number of fused-ring (bicyclic) bond motifs is 2. The standard InChI is InChI=1S/C31H27F3N2O4/c1-18-13-14-36(35-18)21-5-3-19(4-6-21)30-25-10-12-27(24(25)9-11-26(30)31(32,33)34)40-22-7-8-23-20(15-29(37)38-2)17-39-28(23)16-22/h3-9,11,13-14,16,20,27H,10,12,15,17H2,1-2H3/t20-,27-/m1/s1. The Bertz CT molecular complexity index is 1580. The highest BCUT2D eigenvalue weighted by Gasteiger charge is 2.38. The third-order valence-electron chi connectivity index (χ3n) is 7.58. The van der Waals surface area contributed by atoms with E-state index in [0.717, 1.165) is 28.6 Å². The summed E-state index contributed by atoms with van der Waals surface area (Å²) in [6, 6.07) is 17.0. The van der Waals surface area contributed by atoms with Crippen LogP contribution in [0.2, 0.25) is 0 Å². The Balaban J connectivity index is 1.30. The molecule has 40 heavy (non-hydrogen) atoms. The largest absolute Gasteiger partial charge is 0.492 e. The van der Waals surface area contributed by atoms with Gasteiger partial charge in [-0.3, -0.25) is 4.79 Å². The summed E-state index contributed by atoms with van der Waals surface area (Å²) in [7, 11) is 1.36. The maximum Gasteiger partial charge on any atom is 0.417 e. The molecule has 2 heterocycles. The molecule has 9 heteroatoms. The van der Waals surface area contributed by atoms with Crippen LogP contribution in [0.5, 0.6) is 11.5 Å². The van der Waals surface area contributed by atoms with Crippen molar-refractivity contribution < 1.29 is 32.2 Å². The van der Waals surface area contributed by atoms with Gasteiger partial charge in [-0.25, -0.2) is 4.68 Å². The molecule has 2 aliphatic rings. The lowest BCUT2D eigenvalue weighted by atomic mass is 9.91. The van der Waals surface area contributed by atoms with Crippen LogP contribution < -0.4 is 9.47 Å². The van der Waals surface area contributed by atoms with Gasteiger partial charge in [0, 0.05) is 23.7 Å². The van der Waals surface area contributed by atoms with Crippen LogP contribution in [0.25, 0.3) is 16.8 Å². The Hall–Kier alpha value is -4.27. The molecule has 1 aromatic heterocycles. The van der Waals surface area contributed by atoms with Crippen LogP contribution in [-0.2, 0) is 22.1 Å². The highest BCUT2D eigenvalue weighted by Crippen LogP contribution is 2.47. The number of carbonyl (C=O) groups excluding carboxylic acids is 1. The minimum atomic E-state index is -4.50. The monoisotopic (exact) mass is 548 g/mol. The Labute approximate surface area is 229 Å². The van der Waals surface area contributed by atoms with E-state index in [4.69, 9.17) is 14.2 Å². The fourth-order valence-electron chi connectivity index (χ4n) is 5.64. The highest BCUT2D eigenvalue weighted by molar-refractivity contribution is 5.75. The molecule has 0 spiro atoms. The molecule has 0 amide bonds. The molecule has 0 fully saturated rings. The predicted molar refractivity (Wildman–Crippen MR) is 142 cm³/mol. The third-order valence-corrected chi connectivity index (χ3v) is 7.58. The summed E-state index contributed by atoms with van der Waals surface area (Å²) >= 11 is 0. The average molecular weight is 549 g/mol. The minimum absolute atomic E-state index is 0.0873. The zero-order chi connectivity index (χ0) is 28.0. The van der Waals surface area contributed by atoms with Gasteiger partial charge in [-0.15, -0.1) is 0 Å². The van der Waals surface area contributed by atoms with Crippen LogP contribution in [-0.4, -0.2) is 29.5 Å². The molecule has 2 atom stereocenters. The van der Waals surface area contributed by atoms with Crippen molar-refractivity contribution in [2.24, 2.45) is 0 Å². The number of carbonyl (C=O) groups is 1. The molecule has 1 aliphatic heterocycles. The summed E-state index contributed by atoms with van der Waals surface area (Å²) in [6.45, 7) is 2.26. The molecule has 3 aromatic carbocycles. The van der Waals surface area contributed by atoms with E-state index in [0.29, 0.717) is 42.1 Å². The summed E-state index contributed by atoms with van der Waals surface area (Å²) in [5.74, 6) is 0.820. The molecular weight excluding hydrogens is 521 g/mol. The quantitative estimate of drug-likeness (QED) is 0.244. The number of esters is 1. The number of ether oxygens (including phenoxy) is 3. The van der Waals surface area contributed by atoms with Gasteiger partial charge in [0.05, 0.1) is 37.1 Å². The van der Waals surface area contributed by atoms with Crippen molar-refractivity contribution in [1.29, 1.82) is 0 Å². The van der Waals surface area contributed by atoms with Crippen LogP contribution in [0.15, 0.2) is 66.9 Å². The van der Waals surface area contributed by atoms with Crippen molar-refractivity contribution in [3.8, 4) is 28.3 Å². The van der Waals surface area contributed by atoms with Crippen LogP contribution in [0.3, 0.4) is 0 Å². The summed E-state index contributed by atoms with van der Waals surface area (Å²) < 4.78 is 61.1. The Morgan fingerprint density at radius 2 is 1.85 bits per heavy atom. The van der Waals surface area contributed by atoms with Crippen molar-refractivity contribution in [1.82, 2.24) is 9.78 Å². The van der Waals surface area contributed by atoms with Crippen molar-refractivity contribution in [2.45, 2.75) is 44.4 Å². The molecule has 0 bridgehead atoms. The Kier molecular flexibility index (Phi) is 6.52. The van der Waals surface area contributed by atoms with Gasteiger partial charge < -0.3 is 14.2 Å². The summed E-state index contributed by atoms with van der Waals surface area (Å²) in [5, 5.41) is 4.38. The summed E-state index contributed by atoms with van der Waals surface area (Å²) in [5.41, 5.74) is 3.98. The van der Waals surface area contributed by atoms with E-state index in [9.17, 15) is 18.0 Å². The number of rotatable bonds is 6. The number of aryl methyl sites for hydroxylation is 1.